The number of hydrogen-bond donors (Lipinski definition) is 1. The van der Waals surface area contributed by atoms with Crippen LogP contribution in [0.15, 0.2) is 53.9 Å². The average Bonchev–Trinajstić information content (AvgIpc) is 3.17. The minimum atomic E-state index is -0.450. The molecule has 0 bridgehead atoms. The van der Waals surface area contributed by atoms with Crippen molar-refractivity contribution in [3.63, 3.8) is 0 Å². The smallest absolute Gasteiger partial charge is 0.341 e. The van der Waals surface area contributed by atoms with Crippen LogP contribution < -0.4 is 5.32 Å². The van der Waals surface area contributed by atoms with Crippen molar-refractivity contribution in [1.82, 2.24) is 4.90 Å². The second-order valence-corrected chi connectivity index (χ2v) is 8.37. The Morgan fingerprint density at radius 2 is 1.83 bits per heavy atom. The van der Waals surface area contributed by atoms with E-state index in [4.69, 9.17) is 4.74 Å². The summed E-state index contributed by atoms with van der Waals surface area (Å²) in [5.41, 5.74) is 5.86. The van der Waals surface area contributed by atoms with Crippen LogP contribution in [-0.4, -0.2) is 37.0 Å². The van der Waals surface area contributed by atoms with Gasteiger partial charge in [-0.15, -0.1) is 11.3 Å². The molecule has 1 aliphatic rings. The highest BCUT2D eigenvalue weighted by Crippen LogP contribution is 2.36. The number of benzene rings is 2. The summed E-state index contributed by atoms with van der Waals surface area (Å²) in [4.78, 5) is 27.4. The molecule has 154 valence electrons. The first-order valence-electron chi connectivity index (χ1n) is 9.91. The molecule has 1 aliphatic heterocycles. The van der Waals surface area contributed by atoms with Crippen LogP contribution in [0.1, 0.15) is 27.0 Å². The van der Waals surface area contributed by atoms with Crippen molar-refractivity contribution in [1.29, 1.82) is 0 Å². The highest BCUT2D eigenvalue weighted by atomic mass is 32.1. The molecule has 6 heteroatoms. The average molecular weight is 421 g/mol. The molecule has 1 amide bonds. The van der Waals surface area contributed by atoms with Gasteiger partial charge < -0.3 is 10.1 Å². The van der Waals surface area contributed by atoms with Gasteiger partial charge in [-0.3, -0.25) is 9.69 Å². The number of carbonyl (C=O) groups is 2. The van der Waals surface area contributed by atoms with Gasteiger partial charge in [0.2, 0.25) is 5.91 Å². The standard InChI is InChI=1S/C24H24N2O3S/c1-16-7-9-18(10-8-16)20-15-30-23(22(20)24(28)29-2)25-21(27)14-26-12-11-17-5-3-4-6-19(17)13-26/h3-10,15H,11-14H2,1-2H3,(H,25,27). The molecule has 0 spiro atoms. The summed E-state index contributed by atoms with van der Waals surface area (Å²) in [7, 11) is 1.36. The fourth-order valence-corrected chi connectivity index (χ4v) is 4.73. The zero-order valence-electron chi connectivity index (χ0n) is 17.1. The van der Waals surface area contributed by atoms with Gasteiger partial charge in [0.1, 0.15) is 10.6 Å². The number of nitrogens with zero attached hydrogens (tertiary/aromatic N) is 1. The predicted octanol–water partition coefficient (Wildman–Crippen LogP) is 4.51. The van der Waals surface area contributed by atoms with Gasteiger partial charge in [0.15, 0.2) is 0 Å². The molecular weight excluding hydrogens is 396 g/mol. The first-order chi connectivity index (χ1) is 14.5. The van der Waals surface area contributed by atoms with Gasteiger partial charge in [-0.25, -0.2) is 4.79 Å². The van der Waals surface area contributed by atoms with E-state index in [0.29, 0.717) is 10.6 Å². The molecule has 1 aromatic heterocycles. The Bertz CT molecular complexity index is 1070. The Morgan fingerprint density at radius 3 is 2.57 bits per heavy atom. The molecule has 30 heavy (non-hydrogen) atoms. The van der Waals surface area contributed by atoms with Crippen LogP contribution in [0.5, 0.6) is 0 Å². The van der Waals surface area contributed by atoms with E-state index in [-0.39, 0.29) is 12.5 Å². The fourth-order valence-electron chi connectivity index (χ4n) is 3.76. The Morgan fingerprint density at radius 1 is 1.10 bits per heavy atom. The maximum atomic E-state index is 12.7. The molecule has 1 N–H and O–H groups in total. The van der Waals surface area contributed by atoms with E-state index in [1.807, 2.05) is 42.6 Å². The summed E-state index contributed by atoms with van der Waals surface area (Å²) >= 11 is 1.35. The summed E-state index contributed by atoms with van der Waals surface area (Å²) in [5.74, 6) is -0.578. The number of carbonyl (C=O) groups excluding carboxylic acids is 2. The zero-order valence-corrected chi connectivity index (χ0v) is 17.9. The largest absolute Gasteiger partial charge is 0.465 e. The van der Waals surface area contributed by atoms with Crippen LogP contribution in [0.3, 0.4) is 0 Å². The molecule has 4 rings (SSSR count). The lowest BCUT2D eigenvalue weighted by atomic mass is 10.00. The summed E-state index contributed by atoms with van der Waals surface area (Å²) in [6, 6.07) is 16.3. The van der Waals surface area contributed by atoms with Crippen molar-refractivity contribution in [3.8, 4) is 11.1 Å². The van der Waals surface area contributed by atoms with E-state index in [0.717, 1.165) is 36.2 Å². The van der Waals surface area contributed by atoms with Crippen molar-refractivity contribution >= 4 is 28.2 Å². The van der Waals surface area contributed by atoms with E-state index >= 15 is 0 Å². The number of methoxy groups -OCH3 is 1. The third kappa shape index (κ3) is 4.30. The van der Waals surface area contributed by atoms with Gasteiger partial charge in [-0.05, 0) is 30.0 Å². The molecule has 0 saturated heterocycles. The Kier molecular flexibility index (Phi) is 5.97. The summed E-state index contributed by atoms with van der Waals surface area (Å²) in [6.07, 6.45) is 0.938. The number of ether oxygens (including phenoxy) is 1. The summed E-state index contributed by atoms with van der Waals surface area (Å²) in [6.45, 7) is 3.90. The number of aryl methyl sites for hydroxylation is 1. The van der Waals surface area contributed by atoms with Crippen LogP contribution in [-0.2, 0) is 22.5 Å². The van der Waals surface area contributed by atoms with Crippen LogP contribution in [0.4, 0.5) is 5.00 Å². The Balaban J connectivity index is 1.51. The molecular formula is C24H24N2O3S. The zero-order chi connectivity index (χ0) is 21.1. The van der Waals surface area contributed by atoms with Gasteiger partial charge in [0.05, 0.1) is 13.7 Å². The van der Waals surface area contributed by atoms with Gasteiger partial charge in [-0.2, -0.15) is 0 Å². The minimum absolute atomic E-state index is 0.128. The topological polar surface area (TPSA) is 58.6 Å². The number of amides is 1. The van der Waals surface area contributed by atoms with Crippen LogP contribution >= 0.6 is 11.3 Å². The minimum Gasteiger partial charge on any atom is -0.465 e. The second-order valence-electron chi connectivity index (χ2n) is 7.49. The van der Waals surface area contributed by atoms with Gasteiger partial charge in [0, 0.05) is 24.0 Å². The lowest BCUT2D eigenvalue weighted by molar-refractivity contribution is -0.117. The molecule has 3 aromatic rings. The normalized spacial score (nSPS) is 13.5. The number of esters is 1. The third-order valence-electron chi connectivity index (χ3n) is 5.37. The van der Waals surface area contributed by atoms with Crippen LogP contribution in [0.25, 0.3) is 11.1 Å². The SMILES string of the molecule is COC(=O)c1c(-c2ccc(C)cc2)csc1NC(=O)CN1CCc2ccccc2C1. The first-order valence-corrected chi connectivity index (χ1v) is 10.8. The Labute approximate surface area is 180 Å². The fraction of sp³-hybridized carbons (Fsp3) is 0.250. The molecule has 2 heterocycles. The molecule has 0 saturated carbocycles. The number of rotatable bonds is 5. The lowest BCUT2D eigenvalue weighted by Gasteiger charge is -2.28. The number of thiophene rings is 1. The molecule has 0 atom stereocenters. The molecule has 0 unspecified atom stereocenters. The maximum Gasteiger partial charge on any atom is 0.341 e. The molecule has 0 radical (unpaired) electrons. The van der Waals surface area contributed by atoms with Crippen molar-refractivity contribution in [3.05, 3.63) is 76.2 Å². The predicted molar refractivity (Wildman–Crippen MR) is 120 cm³/mol. The second kappa shape index (κ2) is 8.81. The third-order valence-corrected chi connectivity index (χ3v) is 6.27. The van der Waals surface area contributed by atoms with Gasteiger partial charge >= 0.3 is 5.97 Å². The quantitative estimate of drug-likeness (QED) is 0.617. The van der Waals surface area contributed by atoms with E-state index < -0.39 is 5.97 Å². The van der Waals surface area contributed by atoms with Gasteiger partial charge in [0.25, 0.3) is 0 Å². The number of anilines is 1. The first kappa shape index (κ1) is 20.3. The maximum absolute atomic E-state index is 12.7. The van der Waals surface area contributed by atoms with E-state index in [9.17, 15) is 9.59 Å². The lowest BCUT2D eigenvalue weighted by Crippen LogP contribution is -2.37. The van der Waals surface area contributed by atoms with Gasteiger partial charge in [-0.1, -0.05) is 54.1 Å². The number of fused-ring (bicyclic) bond motifs is 1. The summed E-state index contributed by atoms with van der Waals surface area (Å²) < 4.78 is 5.00. The number of nitrogens with one attached hydrogen (secondary N) is 1. The molecule has 5 nitrogen and oxygen atoms in total. The molecule has 0 aliphatic carbocycles. The Hall–Kier alpha value is -2.96. The van der Waals surface area contributed by atoms with E-state index in [2.05, 4.69) is 28.4 Å². The highest BCUT2D eigenvalue weighted by molar-refractivity contribution is 7.15. The van der Waals surface area contributed by atoms with Crippen LogP contribution in [0, 0.1) is 6.92 Å². The van der Waals surface area contributed by atoms with Crippen LogP contribution in [0.2, 0.25) is 0 Å². The molecule has 2 aromatic carbocycles. The van der Waals surface area contributed by atoms with Crippen molar-refractivity contribution < 1.29 is 14.3 Å². The summed E-state index contributed by atoms with van der Waals surface area (Å²) in [5, 5.41) is 5.36. The molecule has 0 fully saturated rings. The van der Waals surface area contributed by atoms with Crippen molar-refractivity contribution in [2.75, 3.05) is 25.5 Å². The van der Waals surface area contributed by atoms with E-state index in [1.165, 1.54) is 29.6 Å². The highest BCUT2D eigenvalue weighted by Gasteiger charge is 2.24. The monoisotopic (exact) mass is 420 g/mol. The number of hydrogen-bond acceptors (Lipinski definition) is 5. The van der Waals surface area contributed by atoms with E-state index in [1.54, 1.807) is 0 Å². The van der Waals surface area contributed by atoms with Crippen molar-refractivity contribution in [2.45, 2.75) is 19.9 Å². The van der Waals surface area contributed by atoms with Crippen molar-refractivity contribution in [2.24, 2.45) is 0 Å².